The lowest BCUT2D eigenvalue weighted by Gasteiger charge is -2.27. The van der Waals surface area contributed by atoms with E-state index < -0.39 is 22.1 Å². The first-order valence-electron chi connectivity index (χ1n) is 7.97. The van der Waals surface area contributed by atoms with E-state index in [0.29, 0.717) is 24.8 Å². The largest absolute Gasteiger partial charge is 0.479 e. The van der Waals surface area contributed by atoms with Crippen molar-refractivity contribution in [2.75, 3.05) is 0 Å². The Bertz CT molecular complexity index is 880. The standard InChI is InChI=1S/C18H19NO5S/c20-17(18(21)22)16-8-4-5-12-11-13(9-10-15(12)16)19-25(23,24)14-6-2-1-3-7-14/h1-8,13,17,19-20H,9-11H2,(H,21,22). The molecule has 0 heterocycles. The fraction of sp³-hybridized carbons (Fsp3) is 0.278. The smallest absolute Gasteiger partial charge is 0.337 e. The molecule has 6 nitrogen and oxygen atoms in total. The topological polar surface area (TPSA) is 104 Å². The van der Waals surface area contributed by atoms with Crippen LogP contribution in [0.4, 0.5) is 0 Å². The molecule has 3 rings (SSSR count). The fourth-order valence-corrected chi connectivity index (χ4v) is 4.51. The number of carbonyl (C=O) groups is 1. The number of fused-ring (bicyclic) bond motifs is 1. The molecule has 1 aliphatic rings. The van der Waals surface area contributed by atoms with Gasteiger partial charge in [0, 0.05) is 6.04 Å². The van der Waals surface area contributed by atoms with Crippen LogP contribution in [0.1, 0.15) is 29.2 Å². The summed E-state index contributed by atoms with van der Waals surface area (Å²) in [5, 5.41) is 18.9. The van der Waals surface area contributed by atoms with Gasteiger partial charge in [0.15, 0.2) is 6.10 Å². The van der Waals surface area contributed by atoms with Crippen molar-refractivity contribution in [1.29, 1.82) is 0 Å². The van der Waals surface area contributed by atoms with Gasteiger partial charge in [-0.25, -0.2) is 17.9 Å². The summed E-state index contributed by atoms with van der Waals surface area (Å²) in [7, 11) is -3.60. The zero-order chi connectivity index (χ0) is 18.0. The first-order chi connectivity index (χ1) is 11.9. The molecule has 0 spiro atoms. The fourth-order valence-electron chi connectivity index (χ4n) is 3.21. The second-order valence-corrected chi connectivity index (χ2v) is 7.81. The quantitative estimate of drug-likeness (QED) is 0.751. The third kappa shape index (κ3) is 3.73. The molecular weight excluding hydrogens is 342 g/mol. The molecule has 1 aliphatic carbocycles. The molecule has 0 bridgehead atoms. The highest BCUT2D eigenvalue weighted by molar-refractivity contribution is 7.89. The van der Waals surface area contributed by atoms with Crippen LogP contribution in [0, 0.1) is 0 Å². The van der Waals surface area contributed by atoms with E-state index in [1.165, 1.54) is 0 Å². The van der Waals surface area contributed by atoms with Gasteiger partial charge in [-0.05, 0) is 48.1 Å². The normalized spacial score (nSPS) is 18.4. The third-order valence-corrected chi connectivity index (χ3v) is 5.96. The lowest BCUT2D eigenvalue weighted by atomic mass is 9.84. The minimum absolute atomic E-state index is 0.218. The second kappa shape index (κ2) is 6.95. The SMILES string of the molecule is O=C(O)C(O)c1cccc2c1CCC(NS(=O)(=O)c1ccccc1)C2. The summed E-state index contributed by atoms with van der Waals surface area (Å²) in [6.07, 6.45) is -0.0468. The molecule has 7 heteroatoms. The van der Waals surface area contributed by atoms with Crippen LogP contribution in [0.15, 0.2) is 53.4 Å². The monoisotopic (exact) mass is 361 g/mol. The number of nitrogens with one attached hydrogen (secondary N) is 1. The van der Waals surface area contributed by atoms with Gasteiger partial charge in [-0.2, -0.15) is 0 Å². The maximum Gasteiger partial charge on any atom is 0.337 e. The first-order valence-corrected chi connectivity index (χ1v) is 9.46. The minimum Gasteiger partial charge on any atom is -0.479 e. The highest BCUT2D eigenvalue weighted by atomic mass is 32.2. The number of hydrogen-bond donors (Lipinski definition) is 3. The Labute approximate surface area is 146 Å². The number of hydrogen-bond acceptors (Lipinski definition) is 4. The van der Waals surface area contributed by atoms with E-state index in [9.17, 15) is 18.3 Å². The molecule has 0 saturated heterocycles. The Morgan fingerprint density at radius 2 is 1.84 bits per heavy atom. The molecule has 0 aliphatic heterocycles. The minimum atomic E-state index is -3.60. The van der Waals surface area contributed by atoms with Gasteiger partial charge < -0.3 is 10.2 Å². The van der Waals surface area contributed by atoms with Gasteiger partial charge in [0.25, 0.3) is 0 Å². The highest BCUT2D eigenvalue weighted by Crippen LogP contribution is 2.29. The number of carboxylic acids is 1. The predicted molar refractivity (Wildman–Crippen MR) is 91.6 cm³/mol. The van der Waals surface area contributed by atoms with Crippen LogP contribution in [-0.4, -0.2) is 30.6 Å². The van der Waals surface area contributed by atoms with E-state index in [4.69, 9.17) is 5.11 Å². The molecule has 2 aromatic rings. The van der Waals surface area contributed by atoms with Gasteiger partial charge in [-0.3, -0.25) is 0 Å². The maximum absolute atomic E-state index is 12.4. The van der Waals surface area contributed by atoms with Crippen LogP contribution in [0.2, 0.25) is 0 Å². The van der Waals surface area contributed by atoms with E-state index in [2.05, 4.69) is 4.72 Å². The van der Waals surface area contributed by atoms with Crippen LogP contribution >= 0.6 is 0 Å². The third-order valence-electron chi connectivity index (χ3n) is 4.42. The molecule has 25 heavy (non-hydrogen) atoms. The molecular formula is C18H19NO5S. The lowest BCUT2D eigenvalue weighted by Crippen LogP contribution is -2.39. The zero-order valence-corrected chi connectivity index (χ0v) is 14.2. The number of aliphatic hydroxyl groups is 1. The molecule has 2 atom stereocenters. The van der Waals surface area contributed by atoms with Crippen molar-refractivity contribution in [3.05, 3.63) is 65.2 Å². The van der Waals surface area contributed by atoms with E-state index in [1.807, 2.05) is 6.07 Å². The predicted octanol–water partition coefficient (Wildman–Crippen LogP) is 1.64. The molecule has 3 N–H and O–H groups in total. The van der Waals surface area contributed by atoms with Gasteiger partial charge >= 0.3 is 5.97 Å². The van der Waals surface area contributed by atoms with Crippen LogP contribution in [-0.2, 0) is 27.7 Å². The van der Waals surface area contributed by atoms with E-state index in [1.54, 1.807) is 42.5 Å². The van der Waals surface area contributed by atoms with Crippen molar-refractivity contribution in [3.63, 3.8) is 0 Å². The summed E-state index contributed by atoms with van der Waals surface area (Å²) in [6, 6.07) is 13.0. The van der Waals surface area contributed by atoms with Crippen molar-refractivity contribution < 1.29 is 23.4 Å². The number of sulfonamides is 1. The Balaban J connectivity index is 1.81. The Hall–Kier alpha value is -2.22. The number of rotatable bonds is 5. The Morgan fingerprint density at radius 3 is 2.52 bits per heavy atom. The molecule has 0 amide bonds. The van der Waals surface area contributed by atoms with Crippen LogP contribution in [0.5, 0.6) is 0 Å². The molecule has 0 fully saturated rings. The summed E-state index contributed by atoms with van der Waals surface area (Å²) in [5.74, 6) is -1.29. The molecule has 2 aromatic carbocycles. The van der Waals surface area contributed by atoms with Crippen molar-refractivity contribution in [1.82, 2.24) is 4.72 Å². The first kappa shape index (κ1) is 17.6. The van der Waals surface area contributed by atoms with Crippen LogP contribution in [0.25, 0.3) is 0 Å². The van der Waals surface area contributed by atoms with Gasteiger partial charge in [-0.1, -0.05) is 36.4 Å². The highest BCUT2D eigenvalue weighted by Gasteiger charge is 2.28. The average molecular weight is 361 g/mol. The van der Waals surface area contributed by atoms with Crippen LogP contribution < -0.4 is 4.72 Å². The van der Waals surface area contributed by atoms with Gasteiger partial charge in [-0.15, -0.1) is 0 Å². The summed E-state index contributed by atoms with van der Waals surface area (Å²) in [5.41, 5.74) is 2.05. The number of carboxylic acid groups (broad SMARTS) is 1. The lowest BCUT2D eigenvalue weighted by molar-refractivity contribution is -0.147. The summed E-state index contributed by atoms with van der Waals surface area (Å²) in [6.45, 7) is 0. The van der Waals surface area contributed by atoms with Crippen molar-refractivity contribution >= 4 is 16.0 Å². The van der Waals surface area contributed by atoms with E-state index in [-0.39, 0.29) is 10.9 Å². The molecule has 0 saturated carbocycles. The van der Waals surface area contributed by atoms with Crippen molar-refractivity contribution in [2.45, 2.75) is 36.3 Å². The number of benzene rings is 2. The molecule has 0 aromatic heterocycles. The van der Waals surface area contributed by atoms with E-state index >= 15 is 0 Å². The number of aliphatic carboxylic acids is 1. The van der Waals surface area contributed by atoms with E-state index in [0.717, 1.165) is 11.1 Å². The van der Waals surface area contributed by atoms with Crippen molar-refractivity contribution in [3.8, 4) is 0 Å². The number of aliphatic hydroxyl groups excluding tert-OH is 1. The summed E-state index contributed by atoms with van der Waals surface area (Å²) >= 11 is 0. The summed E-state index contributed by atoms with van der Waals surface area (Å²) < 4.78 is 27.6. The molecule has 2 unspecified atom stereocenters. The Kier molecular flexibility index (Phi) is 4.89. The zero-order valence-electron chi connectivity index (χ0n) is 13.4. The van der Waals surface area contributed by atoms with Crippen LogP contribution in [0.3, 0.4) is 0 Å². The summed E-state index contributed by atoms with van der Waals surface area (Å²) in [4.78, 5) is 11.3. The molecule has 132 valence electrons. The van der Waals surface area contributed by atoms with Gasteiger partial charge in [0.1, 0.15) is 0 Å². The van der Waals surface area contributed by atoms with Gasteiger partial charge in [0.2, 0.25) is 10.0 Å². The average Bonchev–Trinajstić information content (AvgIpc) is 2.60. The second-order valence-electron chi connectivity index (χ2n) is 6.10. The molecule has 0 radical (unpaired) electrons. The maximum atomic E-state index is 12.4. The van der Waals surface area contributed by atoms with Gasteiger partial charge in [0.05, 0.1) is 4.90 Å². The Morgan fingerprint density at radius 1 is 1.12 bits per heavy atom. The van der Waals surface area contributed by atoms with Crippen molar-refractivity contribution in [2.24, 2.45) is 0 Å².